The van der Waals surface area contributed by atoms with E-state index in [1.165, 1.54) is 0 Å². The quantitative estimate of drug-likeness (QED) is 0.403. The lowest BCUT2D eigenvalue weighted by Gasteiger charge is -2.11. The Labute approximate surface area is 133 Å². The Morgan fingerprint density at radius 3 is 2.70 bits per heavy atom. The van der Waals surface area contributed by atoms with Gasteiger partial charge in [-0.05, 0) is 54.6 Å². The average Bonchev–Trinajstić information content (AvgIpc) is 2.40. The van der Waals surface area contributed by atoms with Crippen molar-refractivity contribution < 1.29 is 14.3 Å². The van der Waals surface area contributed by atoms with Gasteiger partial charge in [-0.25, -0.2) is 4.79 Å². The Hall–Kier alpha value is -0.780. The molecule has 1 aromatic carbocycles. The summed E-state index contributed by atoms with van der Waals surface area (Å²) in [5.74, 6) is 0.924. The van der Waals surface area contributed by atoms with Crippen molar-refractivity contribution in [3.63, 3.8) is 0 Å². The third kappa shape index (κ3) is 6.11. The predicted molar refractivity (Wildman–Crippen MR) is 83.8 cm³/mol. The molecule has 20 heavy (non-hydrogen) atoms. The molecule has 1 aromatic rings. The van der Waals surface area contributed by atoms with E-state index in [1.54, 1.807) is 18.2 Å². The highest BCUT2D eigenvalue weighted by Gasteiger charge is 2.10. The number of nitrogens with zero attached hydrogens (tertiary/aromatic N) is 1. The largest absolute Gasteiger partial charge is 0.492 e. The number of halogens is 2. The van der Waals surface area contributed by atoms with Crippen LogP contribution in [0.2, 0.25) is 0 Å². The van der Waals surface area contributed by atoms with Crippen LogP contribution in [0, 0.1) is 0 Å². The highest BCUT2D eigenvalue weighted by atomic mass is 79.9. The Morgan fingerprint density at radius 1 is 1.35 bits per heavy atom. The SMILES string of the molecule is CN(C)CCOC(=O)c1ccc(OCCCCl)c(Br)c1. The van der Waals surface area contributed by atoms with Gasteiger partial charge in [-0.2, -0.15) is 0 Å². The van der Waals surface area contributed by atoms with E-state index in [-0.39, 0.29) is 5.97 Å². The van der Waals surface area contributed by atoms with Gasteiger partial charge in [0.25, 0.3) is 0 Å². The monoisotopic (exact) mass is 363 g/mol. The summed E-state index contributed by atoms with van der Waals surface area (Å²) < 4.78 is 11.4. The van der Waals surface area contributed by atoms with Gasteiger partial charge in [-0.3, -0.25) is 0 Å². The maximum absolute atomic E-state index is 11.8. The van der Waals surface area contributed by atoms with E-state index in [0.717, 1.165) is 10.9 Å². The fourth-order valence-corrected chi connectivity index (χ4v) is 1.99. The lowest BCUT2D eigenvalue weighted by atomic mass is 10.2. The third-order valence-corrected chi connectivity index (χ3v) is 3.36. The van der Waals surface area contributed by atoms with Crippen LogP contribution in [0.3, 0.4) is 0 Å². The molecule has 4 nitrogen and oxygen atoms in total. The molecule has 0 atom stereocenters. The number of hydrogen-bond acceptors (Lipinski definition) is 4. The molecule has 0 aliphatic heterocycles. The van der Waals surface area contributed by atoms with Gasteiger partial charge < -0.3 is 14.4 Å². The molecule has 0 heterocycles. The smallest absolute Gasteiger partial charge is 0.338 e. The van der Waals surface area contributed by atoms with E-state index in [0.29, 0.717) is 37.0 Å². The predicted octanol–water partition coefficient (Wildman–Crippen LogP) is 3.18. The molecule has 0 saturated carbocycles. The zero-order valence-corrected chi connectivity index (χ0v) is 14.0. The zero-order valence-electron chi connectivity index (χ0n) is 11.7. The molecular weight excluding hydrogens is 346 g/mol. The summed E-state index contributed by atoms with van der Waals surface area (Å²) in [6, 6.07) is 5.15. The van der Waals surface area contributed by atoms with E-state index >= 15 is 0 Å². The van der Waals surface area contributed by atoms with Crippen molar-refractivity contribution in [2.24, 2.45) is 0 Å². The van der Waals surface area contributed by atoms with Crippen molar-refractivity contribution in [1.82, 2.24) is 4.90 Å². The Balaban J connectivity index is 2.55. The molecule has 0 radical (unpaired) electrons. The summed E-state index contributed by atoms with van der Waals surface area (Å²) >= 11 is 8.97. The number of likely N-dealkylation sites (N-methyl/N-ethyl adjacent to an activating group) is 1. The first kappa shape index (κ1) is 17.3. The summed E-state index contributed by atoms with van der Waals surface area (Å²) in [7, 11) is 3.86. The molecule has 0 fully saturated rings. The summed E-state index contributed by atoms with van der Waals surface area (Å²) in [6.07, 6.45) is 0.780. The molecule has 0 N–H and O–H groups in total. The summed E-state index contributed by atoms with van der Waals surface area (Å²) in [6.45, 7) is 1.62. The molecular formula is C14H19BrClNO3. The van der Waals surface area contributed by atoms with E-state index in [9.17, 15) is 4.79 Å². The van der Waals surface area contributed by atoms with Crippen LogP contribution in [0.15, 0.2) is 22.7 Å². The molecule has 112 valence electrons. The normalized spacial score (nSPS) is 10.7. The van der Waals surface area contributed by atoms with Crippen molar-refractivity contribution in [3.05, 3.63) is 28.2 Å². The van der Waals surface area contributed by atoms with E-state index in [1.807, 2.05) is 19.0 Å². The highest BCUT2D eigenvalue weighted by molar-refractivity contribution is 9.10. The molecule has 0 aromatic heterocycles. The lowest BCUT2D eigenvalue weighted by Crippen LogP contribution is -2.20. The Kier molecular flexibility index (Phi) is 7.95. The number of ether oxygens (including phenoxy) is 2. The molecule has 0 saturated heterocycles. The van der Waals surface area contributed by atoms with E-state index in [4.69, 9.17) is 21.1 Å². The number of hydrogen-bond donors (Lipinski definition) is 0. The van der Waals surface area contributed by atoms with Crippen LogP contribution in [0.4, 0.5) is 0 Å². The van der Waals surface area contributed by atoms with Gasteiger partial charge in [0.05, 0.1) is 16.6 Å². The summed E-state index contributed by atoms with van der Waals surface area (Å²) in [5.41, 5.74) is 0.500. The van der Waals surface area contributed by atoms with Gasteiger partial charge in [-0.1, -0.05) is 0 Å². The molecule has 0 amide bonds. The van der Waals surface area contributed by atoms with Gasteiger partial charge in [0.15, 0.2) is 0 Å². The van der Waals surface area contributed by atoms with Gasteiger partial charge >= 0.3 is 5.97 Å². The second-order valence-electron chi connectivity index (χ2n) is 4.48. The molecule has 0 aliphatic rings. The lowest BCUT2D eigenvalue weighted by molar-refractivity contribution is 0.0481. The molecule has 0 bridgehead atoms. The molecule has 1 rings (SSSR count). The van der Waals surface area contributed by atoms with Crippen LogP contribution in [0.25, 0.3) is 0 Å². The minimum atomic E-state index is -0.333. The maximum Gasteiger partial charge on any atom is 0.338 e. The molecule has 0 spiro atoms. The summed E-state index contributed by atoms with van der Waals surface area (Å²) in [4.78, 5) is 13.8. The average molecular weight is 365 g/mol. The van der Waals surface area contributed by atoms with Crippen molar-refractivity contribution in [3.8, 4) is 5.75 Å². The number of rotatable bonds is 8. The highest BCUT2D eigenvalue weighted by Crippen LogP contribution is 2.26. The van der Waals surface area contributed by atoms with E-state index < -0.39 is 0 Å². The zero-order chi connectivity index (χ0) is 15.0. The second-order valence-corrected chi connectivity index (χ2v) is 5.71. The van der Waals surface area contributed by atoms with Gasteiger partial charge in [0.1, 0.15) is 12.4 Å². The Morgan fingerprint density at radius 2 is 2.10 bits per heavy atom. The van der Waals surface area contributed by atoms with Crippen molar-refractivity contribution in [1.29, 1.82) is 0 Å². The fraction of sp³-hybridized carbons (Fsp3) is 0.500. The molecule has 0 unspecified atom stereocenters. The number of carbonyl (C=O) groups excluding carboxylic acids is 1. The van der Waals surface area contributed by atoms with Crippen LogP contribution in [-0.4, -0.2) is 50.6 Å². The minimum absolute atomic E-state index is 0.333. The second kappa shape index (κ2) is 9.21. The first-order valence-corrected chi connectivity index (χ1v) is 7.67. The molecule has 6 heteroatoms. The van der Waals surface area contributed by atoms with Crippen LogP contribution in [-0.2, 0) is 4.74 Å². The number of carbonyl (C=O) groups is 1. The fourth-order valence-electron chi connectivity index (χ4n) is 1.39. The standard InChI is InChI=1S/C14H19BrClNO3/c1-17(2)7-9-20-14(18)11-4-5-13(12(15)10-11)19-8-3-6-16/h4-5,10H,3,6-9H2,1-2H3. The number of alkyl halides is 1. The third-order valence-electron chi connectivity index (χ3n) is 2.47. The van der Waals surface area contributed by atoms with Gasteiger partial charge in [0.2, 0.25) is 0 Å². The van der Waals surface area contributed by atoms with Gasteiger partial charge in [0, 0.05) is 12.4 Å². The first-order valence-electron chi connectivity index (χ1n) is 6.34. The Bertz CT molecular complexity index is 440. The molecule has 0 aliphatic carbocycles. The maximum atomic E-state index is 11.8. The van der Waals surface area contributed by atoms with Crippen LogP contribution in [0.1, 0.15) is 16.8 Å². The minimum Gasteiger partial charge on any atom is -0.492 e. The van der Waals surface area contributed by atoms with Crippen LogP contribution >= 0.6 is 27.5 Å². The van der Waals surface area contributed by atoms with Crippen molar-refractivity contribution in [2.45, 2.75) is 6.42 Å². The van der Waals surface area contributed by atoms with Crippen molar-refractivity contribution >= 4 is 33.5 Å². The van der Waals surface area contributed by atoms with Crippen LogP contribution in [0.5, 0.6) is 5.75 Å². The topological polar surface area (TPSA) is 38.8 Å². The number of esters is 1. The van der Waals surface area contributed by atoms with Crippen LogP contribution < -0.4 is 4.74 Å². The summed E-state index contributed by atoms with van der Waals surface area (Å²) in [5, 5.41) is 0. The van der Waals surface area contributed by atoms with Crippen molar-refractivity contribution in [2.75, 3.05) is 39.7 Å². The first-order chi connectivity index (χ1) is 9.54. The van der Waals surface area contributed by atoms with Gasteiger partial charge in [-0.15, -0.1) is 11.6 Å². The number of benzene rings is 1. The van der Waals surface area contributed by atoms with E-state index in [2.05, 4.69) is 15.9 Å².